The van der Waals surface area contributed by atoms with Crippen molar-refractivity contribution in [2.75, 3.05) is 26.3 Å². The van der Waals surface area contributed by atoms with Crippen LogP contribution in [0, 0.1) is 4.77 Å². The van der Waals surface area contributed by atoms with E-state index in [4.69, 9.17) is 17.0 Å². The Balaban J connectivity index is 1.63. The zero-order chi connectivity index (χ0) is 22.0. The number of nitrogens with zero attached hydrogens (tertiary/aromatic N) is 3. The minimum absolute atomic E-state index is 0.0294. The Labute approximate surface area is 186 Å². The second kappa shape index (κ2) is 9.21. The monoisotopic (exact) mass is 440 g/mol. The van der Waals surface area contributed by atoms with Crippen LogP contribution < -0.4 is 0 Å². The first kappa shape index (κ1) is 21.5. The van der Waals surface area contributed by atoms with Crippen molar-refractivity contribution in [2.24, 2.45) is 0 Å². The van der Waals surface area contributed by atoms with Gasteiger partial charge in [0.1, 0.15) is 11.5 Å². The van der Waals surface area contributed by atoms with Crippen LogP contribution in [0.5, 0.6) is 11.5 Å². The minimum atomic E-state index is -0.0294. The number of ether oxygens (including phenoxy) is 1. The number of aromatic hydroxyl groups is 2. The lowest BCUT2D eigenvalue weighted by Gasteiger charge is -2.26. The molecule has 164 valence electrons. The van der Waals surface area contributed by atoms with Crippen LogP contribution in [-0.2, 0) is 17.8 Å². The maximum Gasteiger partial charge on any atom is 0.195 e. The second-order valence-corrected chi connectivity index (χ2v) is 8.62. The van der Waals surface area contributed by atoms with E-state index in [0.29, 0.717) is 22.7 Å². The van der Waals surface area contributed by atoms with E-state index in [1.807, 2.05) is 18.4 Å². The summed E-state index contributed by atoms with van der Waals surface area (Å²) in [6.45, 7) is 8.85. The Kier molecular flexibility index (Phi) is 6.41. The van der Waals surface area contributed by atoms with Gasteiger partial charge in [-0.3, -0.25) is 14.6 Å². The van der Waals surface area contributed by atoms with E-state index in [9.17, 15) is 10.2 Å². The van der Waals surface area contributed by atoms with Gasteiger partial charge in [0.2, 0.25) is 0 Å². The maximum atomic E-state index is 10.5. The second-order valence-electron chi connectivity index (χ2n) is 8.23. The van der Waals surface area contributed by atoms with Crippen molar-refractivity contribution in [3.05, 3.63) is 57.9 Å². The SMILES string of the molecule is CC(C)c1cc(-c2n[nH]c(=S)n2Cc2cccc(CN3CCOCC3)c2)c(O)cc1O. The molecule has 1 aliphatic heterocycles. The van der Waals surface area contributed by atoms with E-state index in [1.54, 1.807) is 6.07 Å². The van der Waals surface area contributed by atoms with Crippen molar-refractivity contribution in [1.29, 1.82) is 0 Å². The minimum Gasteiger partial charge on any atom is -0.508 e. The molecule has 0 spiro atoms. The van der Waals surface area contributed by atoms with Gasteiger partial charge in [0.25, 0.3) is 0 Å². The smallest absolute Gasteiger partial charge is 0.195 e. The maximum absolute atomic E-state index is 10.5. The number of morpholine rings is 1. The van der Waals surface area contributed by atoms with Gasteiger partial charge in [-0.2, -0.15) is 5.10 Å². The van der Waals surface area contributed by atoms with E-state index >= 15 is 0 Å². The molecule has 8 heteroatoms. The van der Waals surface area contributed by atoms with Crippen LogP contribution in [0.3, 0.4) is 0 Å². The van der Waals surface area contributed by atoms with Gasteiger partial charge in [0, 0.05) is 25.7 Å². The van der Waals surface area contributed by atoms with Gasteiger partial charge in [0.15, 0.2) is 10.6 Å². The molecular formula is C23H28N4O3S. The van der Waals surface area contributed by atoms with Crippen molar-refractivity contribution in [2.45, 2.75) is 32.9 Å². The molecule has 2 heterocycles. The van der Waals surface area contributed by atoms with Crippen LogP contribution in [0.15, 0.2) is 36.4 Å². The average Bonchev–Trinajstić information content (AvgIpc) is 3.09. The number of hydrogen-bond acceptors (Lipinski definition) is 6. The summed E-state index contributed by atoms with van der Waals surface area (Å²) in [5.74, 6) is 0.695. The van der Waals surface area contributed by atoms with E-state index in [0.717, 1.165) is 44.0 Å². The molecule has 0 radical (unpaired) electrons. The molecule has 0 saturated carbocycles. The standard InChI is InChI=1S/C23H28N4O3S/c1-15(2)18-11-19(21(29)12-20(18)28)22-24-25-23(31)27(22)14-17-5-3-4-16(10-17)13-26-6-8-30-9-7-26/h3-5,10-12,15,28-29H,6-9,13-14H2,1-2H3,(H,25,31). The summed E-state index contributed by atoms with van der Waals surface area (Å²) < 4.78 is 7.79. The largest absolute Gasteiger partial charge is 0.508 e. The lowest BCUT2D eigenvalue weighted by atomic mass is 9.98. The molecule has 7 nitrogen and oxygen atoms in total. The molecule has 2 aromatic carbocycles. The van der Waals surface area contributed by atoms with E-state index in [1.165, 1.54) is 11.6 Å². The van der Waals surface area contributed by atoms with Crippen LogP contribution in [0.4, 0.5) is 0 Å². The first-order chi connectivity index (χ1) is 14.9. The van der Waals surface area contributed by atoms with Crippen molar-refractivity contribution in [1.82, 2.24) is 19.7 Å². The van der Waals surface area contributed by atoms with Crippen LogP contribution >= 0.6 is 12.2 Å². The third-order valence-corrected chi connectivity index (χ3v) is 5.92. The van der Waals surface area contributed by atoms with Gasteiger partial charge < -0.3 is 14.9 Å². The van der Waals surface area contributed by atoms with Gasteiger partial charge in [-0.15, -0.1) is 0 Å². The summed E-state index contributed by atoms with van der Waals surface area (Å²) in [4.78, 5) is 2.39. The molecule has 0 amide bonds. The zero-order valence-electron chi connectivity index (χ0n) is 17.8. The van der Waals surface area contributed by atoms with Crippen LogP contribution in [0.1, 0.15) is 36.5 Å². The van der Waals surface area contributed by atoms with Gasteiger partial charge in [-0.25, -0.2) is 0 Å². The molecule has 1 aliphatic rings. The highest BCUT2D eigenvalue weighted by molar-refractivity contribution is 7.71. The van der Waals surface area contributed by atoms with Gasteiger partial charge in [-0.05, 0) is 40.9 Å². The normalized spacial score (nSPS) is 14.9. The lowest BCUT2D eigenvalue weighted by Crippen LogP contribution is -2.35. The Morgan fingerprint density at radius 1 is 1.06 bits per heavy atom. The van der Waals surface area contributed by atoms with Crippen LogP contribution in [0.2, 0.25) is 0 Å². The molecule has 31 heavy (non-hydrogen) atoms. The Bertz CT molecular complexity index is 1120. The molecule has 1 saturated heterocycles. The predicted molar refractivity (Wildman–Crippen MR) is 122 cm³/mol. The third-order valence-electron chi connectivity index (χ3n) is 5.61. The summed E-state index contributed by atoms with van der Waals surface area (Å²) in [5.41, 5.74) is 3.64. The Morgan fingerprint density at radius 3 is 2.48 bits per heavy atom. The molecule has 0 bridgehead atoms. The molecule has 3 aromatic rings. The molecule has 1 aromatic heterocycles. The quantitative estimate of drug-likeness (QED) is 0.502. The van der Waals surface area contributed by atoms with Crippen LogP contribution in [0.25, 0.3) is 11.4 Å². The molecule has 3 N–H and O–H groups in total. The first-order valence-electron chi connectivity index (χ1n) is 10.5. The zero-order valence-corrected chi connectivity index (χ0v) is 18.7. The Hall–Kier alpha value is -2.68. The lowest BCUT2D eigenvalue weighted by molar-refractivity contribution is 0.0342. The molecule has 0 aliphatic carbocycles. The summed E-state index contributed by atoms with van der Waals surface area (Å²) in [7, 11) is 0. The van der Waals surface area contributed by atoms with Gasteiger partial charge >= 0.3 is 0 Å². The number of benzene rings is 2. The van der Waals surface area contributed by atoms with Crippen molar-refractivity contribution in [3.63, 3.8) is 0 Å². The van der Waals surface area contributed by atoms with E-state index in [2.05, 4.69) is 39.4 Å². The molecule has 4 rings (SSSR count). The number of aromatic amines is 1. The first-order valence-corrected chi connectivity index (χ1v) is 10.9. The number of hydrogen-bond donors (Lipinski definition) is 3. The molecular weight excluding hydrogens is 412 g/mol. The van der Waals surface area contributed by atoms with Gasteiger partial charge in [-0.1, -0.05) is 38.1 Å². The summed E-state index contributed by atoms with van der Waals surface area (Å²) in [6, 6.07) is 11.6. The van der Waals surface area contributed by atoms with Crippen molar-refractivity contribution < 1.29 is 14.9 Å². The number of aromatic nitrogens is 3. The fraction of sp³-hybridized carbons (Fsp3) is 0.391. The highest BCUT2D eigenvalue weighted by Gasteiger charge is 2.18. The summed E-state index contributed by atoms with van der Waals surface area (Å²) in [6.07, 6.45) is 0. The molecule has 1 fully saturated rings. The summed E-state index contributed by atoms with van der Waals surface area (Å²) in [5, 5.41) is 27.9. The number of phenolic OH excluding ortho intramolecular Hbond substituents is 2. The summed E-state index contributed by atoms with van der Waals surface area (Å²) >= 11 is 5.48. The van der Waals surface area contributed by atoms with Gasteiger partial charge in [0.05, 0.1) is 25.3 Å². The van der Waals surface area contributed by atoms with Crippen molar-refractivity contribution in [3.8, 4) is 22.9 Å². The number of H-pyrrole nitrogens is 1. The topological polar surface area (TPSA) is 86.5 Å². The highest BCUT2D eigenvalue weighted by Crippen LogP contribution is 2.37. The molecule has 0 unspecified atom stereocenters. The number of rotatable bonds is 6. The predicted octanol–water partition coefficient (Wildman–Crippen LogP) is 4.02. The third kappa shape index (κ3) is 4.81. The Morgan fingerprint density at radius 2 is 1.77 bits per heavy atom. The average molecular weight is 441 g/mol. The number of nitrogens with one attached hydrogen (secondary N) is 1. The van der Waals surface area contributed by atoms with Crippen LogP contribution in [-0.4, -0.2) is 56.2 Å². The number of phenols is 2. The van der Waals surface area contributed by atoms with Crippen molar-refractivity contribution >= 4 is 12.2 Å². The molecule has 0 atom stereocenters. The highest BCUT2D eigenvalue weighted by atomic mass is 32.1. The van der Waals surface area contributed by atoms with E-state index < -0.39 is 0 Å². The fourth-order valence-electron chi connectivity index (χ4n) is 3.93. The fourth-order valence-corrected chi connectivity index (χ4v) is 4.13. The van der Waals surface area contributed by atoms with E-state index in [-0.39, 0.29) is 17.4 Å².